The molecule has 0 aliphatic carbocycles. The number of rotatable bonds is 8. The van der Waals surface area contributed by atoms with E-state index >= 15 is 0 Å². The van der Waals surface area contributed by atoms with Gasteiger partial charge in [-0.15, -0.1) is 0 Å². The van der Waals surface area contributed by atoms with Gasteiger partial charge in [0.25, 0.3) is 0 Å². The molecule has 1 aliphatic heterocycles. The lowest BCUT2D eigenvalue weighted by molar-refractivity contribution is 0.0123. The Morgan fingerprint density at radius 2 is 1.89 bits per heavy atom. The van der Waals surface area contributed by atoms with Crippen LogP contribution in [0.5, 0.6) is 5.88 Å². The molecule has 1 fully saturated rings. The Bertz CT molecular complexity index is 1220. The van der Waals surface area contributed by atoms with Gasteiger partial charge in [-0.05, 0) is 26.8 Å². The first kappa shape index (κ1) is 27.1. The summed E-state index contributed by atoms with van der Waals surface area (Å²) in [6, 6.07) is 1.09. The van der Waals surface area contributed by atoms with E-state index in [-0.39, 0.29) is 12.2 Å². The third-order valence-corrected chi connectivity index (χ3v) is 7.70. The molecule has 12 heteroatoms. The summed E-state index contributed by atoms with van der Waals surface area (Å²) in [7, 11) is 0.658. The number of fused-ring (bicyclic) bond motifs is 1. The number of aromatic nitrogens is 6. The zero-order valence-electron chi connectivity index (χ0n) is 23.0. The van der Waals surface area contributed by atoms with Crippen molar-refractivity contribution >= 4 is 25.3 Å². The summed E-state index contributed by atoms with van der Waals surface area (Å²) in [5.41, 5.74) is 1.64. The quantitative estimate of drug-likeness (QED) is 0.314. The highest BCUT2D eigenvalue weighted by Crippen LogP contribution is 2.28. The Labute approximate surface area is 219 Å². The SMILES string of the molecule is Cn1cnc(-c2cn(COCC[Si](C)(C)C)c3ncc(OC4CCN(C(=O)OC(C)(C)C)CC4)nc23)n1. The Morgan fingerprint density at radius 1 is 1.16 bits per heavy atom. The third-order valence-electron chi connectivity index (χ3n) is 5.99. The number of amides is 1. The maximum Gasteiger partial charge on any atom is 0.410 e. The number of likely N-dealkylation sites (tertiary alicyclic amines) is 1. The molecule has 11 nitrogen and oxygen atoms in total. The predicted octanol–water partition coefficient (Wildman–Crippen LogP) is 4.32. The summed E-state index contributed by atoms with van der Waals surface area (Å²) in [6.45, 7) is 14.9. The summed E-state index contributed by atoms with van der Waals surface area (Å²) in [4.78, 5) is 28.0. The zero-order valence-corrected chi connectivity index (χ0v) is 24.0. The molecule has 1 aliphatic rings. The third kappa shape index (κ3) is 7.28. The Kier molecular flexibility index (Phi) is 7.88. The lowest BCUT2D eigenvalue weighted by atomic mass is 10.1. The predicted molar refractivity (Wildman–Crippen MR) is 143 cm³/mol. The molecule has 0 N–H and O–H groups in total. The first-order chi connectivity index (χ1) is 17.4. The highest BCUT2D eigenvalue weighted by molar-refractivity contribution is 6.76. The van der Waals surface area contributed by atoms with Crippen LogP contribution < -0.4 is 4.74 Å². The second kappa shape index (κ2) is 10.8. The molecule has 0 unspecified atom stereocenters. The van der Waals surface area contributed by atoms with E-state index in [1.54, 1.807) is 22.1 Å². The first-order valence-corrected chi connectivity index (χ1v) is 16.5. The minimum Gasteiger partial charge on any atom is -0.473 e. The second-order valence-electron chi connectivity index (χ2n) is 11.8. The van der Waals surface area contributed by atoms with E-state index in [9.17, 15) is 4.79 Å². The van der Waals surface area contributed by atoms with Crippen LogP contribution in [0.15, 0.2) is 18.7 Å². The fourth-order valence-electron chi connectivity index (χ4n) is 4.01. The Hall–Kier alpha value is -2.99. The Balaban J connectivity index is 1.47. The van der Waals surface area contributed by atoms with E-state index in [0.717, 1.165) is 11.6 Å². The van der Waals surface area contributed by atoms with E-state index in [1.165, 1.54) is 0 Å². The van der Waals surface area contributed by atoms with Gasteiger partial charge in [0.15, 0.2) is 11.5 Å². The van der Waals surface area contributed by atoms with Crippen molar-refractivity contribution in [3.05, 3.63) is 18.7 Å². The topological polar surface area (TPSA) is 109 Å². The van der Waals surface area contributed by atoms with Gasteiger partial charge in [0.2, 0.25) is 5.88 Å². The van der Waals surface area contributed by atoms with E-state index in [2.05, 4.69) is 34.7 Å². The van der Waals surface area contributed by atoms with Crippen LogP contribution in [0.1, 0.15) is 33.6 Å². The number of aryl methyl sites for hydroxylation is 1. The lowest BCUT2D eigenvalue weighted by Crippen LogP contribution is -2.44. The molecular formula is C25H39N7O4Si. The molecule has 0 bridgehead atoms. The molecule has 3 aromatic heterocycles. The van der Waals surface area contributed by atoms with Crippen LogP contribution in [0.4, 0.5) is 4.79 Å². The molecule has 0 atom stereocenters. The summed E-state index contributed by atoms with van der Waals surface area (Å²) in [6.07, 6.45) is 6.30. The zero-order chi connectivity index (χ0) is 26.8. The maximum absolute atomic E-state index is 12.4. The number of carbonyl (C=O) groups excluding carboxylic acids is 1. The number of hydrogen-bond acceptors (Lipinski definition) is 8. The number of nitrogens with zero attached hydrogens (tertiary/aromatic N) is 7. The number of piperidine rings is 1. The molecule has 1 amide bonds. The first-order valence-electron chi connectivity index (χ1n) is 12.8. The van der Waals surface area contributed by atoms with Crippen LogP contribution in [-0.2, 0) is 23.3 Å². The molecule has 4 rings (SSSR count). The van der Waals surface area contributed by atoms with E-state index < -0.39 is 13.7 Å². The Morgan fingerprint density at radius 3 is 2.51 bits per heavy atom. The van der Waals surface area contributed by atoms with Crippen LogP contribution in [0.3, 0.4) is 0 Å². The minimum atomic E-state index is -1.17. The van der Waals surface area contributed by atoms with Crippen molar-refractivity contribution in [3.8, 4) is 17.3 Å². The van der Waals surface area contributed by atoms with Gasteiger partial charge >= 0.3 is 6.09 Å². The van der Waals surface area contributed by atoms with Crippen molar-refractivity contribution in [1.29, 1.82) is 0 Å². The van der Waals surface area contributed by atoms with Gasteiger partial charge in [0, 0.05) is 53.9 Å². The smallest absolute Gasteiger partial charge is 0.410 e. The summed E-state index contributed by atoms with van der Waals surface area (Å²) in [5.74, 6) is 1.02. The standard InChI is InChI=1S/C25H39N7O4Si/c1-25(2,3)36-24(33)31-10-8-18(9-11-31)35-20-14-26-23-21(28-20)19(22-27-16-30(4)29-22)15-32(23)17-34-12-13-37(5,6)7/h14-16,18H,8-13,17H2,1-7H3. The van der Waals surface area contributed by atoms with Crippen molar-refractivity contribution in [1.82, 2.24) is 34.2 Å². The summed E-state index contributed by atoms with van der Waals surface area (Å²) in [5, 5.41) is 4.47. The molecule has 0 radical (unpaired) electrons. The van der Waals surface area contributed by atoms with E-state index in [0.29, 0.717) is 62.1 Å². The molecule has 202 valence electrons. The van der Waals surface area contributed by atoms with Crippen molar-refractivity contribution in [2.45, 2.75) is 77.7 Å². The molecule has 0 spiro atoms. The average Bonchev–Trinajstić information content (AvgIpc) is 3.38. The van der Waals surface area contributed by atoms with Crippen molar-refractivity contribution in [3.63, 3.8) is 0 Å². The van der Waals surface area contributed by atoms with Crippen LogP contribution in [0, 0.1) is 0 Å². The average molecular weight is 530 g/mol. The molecule has 0 saturated carbocycles. The number of ether oxygens (including phenoxy) is 3. The lowest BCUT2D eigenvalue weighted by Gasteiger charge is -2.33. The van der Waals surface area contributed by atoms with Gasteiger partial charge < -0.3 is 23.7 Å². The van der Waals surface area contributed by atoms with Gasteiger partial charge in [-0.1, -0.05) is 19.6 Å². The number of hydrogen-bond donors (Lipinski definition) is 0. The highest BCUT2D eigenvalue weighted by atomic mass is 28.3. The molecule has 1 saturated heterocycles. The van der Waals surface area contributed by atoms with Crippen LogP contribution in [0.25, 0.3) is 22.6 Å². The summed E-state index contributed by atoms with van der Waals surface area (Å²) < 4.78 is 21.3. The van der Waals surface area contributed by atoms with Crippen molar-refractivity contribution < 1.29 is 19.0 Å². The fraction of sp³-hybridized carbons (Fsp3) is 0.640. The largest absolute Gasteiger partial charge is 0.473 e. The van der Waals surface area contributed by atoms with Crippen molar-refractivity contribution in [2.75, 3.05) is 19.7 Å². The van der Waals surface area contributed by atoms with E-state index in [1.807, 2.05) is 38.6 Å². The van der Waals surface area contributed by atoms with Gasteiger partial charge in [0.05, 0.1) is 11.8 Å². The van der Waals surface area contributed by atoms with Crippen LogP contribution in [-0.4, -0.2) is 79.8 Å². The van der Waals surface area contributed by atoms with Gasteiger partial charge in [-0.25, -0.2) is 19.7 Å². The second-order valence-corrected chi connectivity index (χ2v) is 17.4. The fourth-order valence-corrected chi connectivity index (χ4v) is 4.77. The molecule has 37 heavy (non-hydrogen) atoms. The van der Waals surface area contributed by atoms with Crippen molar-refractivity contribution in [2.24, 2.45) is 7.05 Å². The van der Waals surface area contributed by atoms with Crippen LogP contribution in [0.2, 0.25) is 25.7 Å². The monoisotopic (exact) mass is 529 g/mol. The highest BCUT2D eigenvalue weighted by Gasteiger charge is 2.28. The molecule has 4 heterocycles. The summed E-state index contributed by atoms with van der Waals surface area (Å²) >= 11 is 0. The number of carbonyl (C=O) groups is 1. The maximum atomic E-state index is 12.4. The van der Waals surface area contributed by atoms with Gasteiger partial charge in [0.1, 0.15) is 30.3 Å². The van der Waals surface area contributed by atoms with Gasteiger partial charge in [-0.2, -0.15) is 5.10 Å². The van der Waals surface area contributed by atoms with E-state index in [4.69, 9.17) is 19.2 Å². The normalized spacial score (nSPS) is 15.4. The van der Waals surface area contributed by atoms with Gasteiger partial charge in [-0.3, -0.25) is 4.68 Å². The molecule has 3 aromatic rings. The molecular weight excluding hydrogens is 490 g/mol. The minimum absolute atomic E-state index is 0.0613. The molecule has 0 aromatic carbocycles. The van der Waals surface area contributed by atoms with Crippen LogP contribution >= 0.6 is 0 Å².